The maximum absolute atomic E-state index is 13.7. The minimum atomic E-state index is -0.632. The highest BCUT2D eigenvalue weighted by molar-refractivity contribution is 6.30. The Balaban J connectivity index is 1.60. The van der Waals surface area contributed by atoms with E-state index in [1.807, 2.05) is 4.90 Å². The Kier molecular flexibility index (Phi) is 8.34. The molecule has 1 aromatic carbocycles. The third-order valence-electron chi connectivity index (χ3n) is 5.64. The van der Waals surface area contributed by atoms with Gasteiger partial charge in [-0.3, -0.25) is 14.7 Å². The molecular formula is C21H29ClFN7O3. The first-order valence-electron chi connectivity index (χ1n) is 10.7. The predicted octanol–water partition coefficient (Wildman–Crippen LogP) is 0.830. The lowest BCUT2D eigenvalue weighted by atomic mass is 9.89. The van der Waals surface area contributed by atoms with Crippen LogP contribution < -0.4 is 16.8 Å². The van der Waals surface area contributed by atoms with Crippen LogP contribution in [0.2, 0.25) is 5.02 Å². The standard InChI is InChI=1S/C21H29ClFN7O3/c22-17-2-1-16(10-18(17)23)27-19(32)15-9-14(13-31)11-30(12-15)21(33)29-7-5-28(6-8-29)4-3-26-20(24)25/h1-2,5,7,10,14-15,31H,3-4,6,8-9,11-13H2,(H,27,32)(H4,24,25,26)/t14-,15+/m1/s1. The van der Waals surface area contributed by atoms with Gasteiger partial charge in [-0.15, -0.1) is 0 Å². The number of guanidine groups is 1. The van der Waals surface area contributed by atoms with Gasteiger partial charge in [-0.05, 0) is 24.6 Å². The van der Waals surface area contributed by atoms with Crippen molar-refractivity contribution in [2.24, 2.45) is 28.3 Å². The molecule has 0 spiro atoms. The van der Waals surface area contributed by atoms with Gasteiger partial charge in [-0.1, -0.05) is 11.6 Å². The Morgan fingerprint density at radius 1 is 1.24 bits per heavy atom. The lowest BCUT2D eigenvalue weighted by molar-refractivity contribution is -0.122. The van der Waals surface area contributed by atoms with Crippen LogP contribution in [0.25, 0.3) is 0 Å². The van der Waals surface area contributed by atoms with Crippen LogP contribution in [-0.2, 0) is 4.79 Å². The summed E-state index contributed by atoms with van der Waals surface area (Å²) in [4.78, 5) is 35.0. The number of aliphatic hydroxyl groups is 1. The number of amides is 3. The Hall–Kier alpha value is -3.05. The lowest BCUT2D eigenvalue weighted by Crippen LogP contribution is -2.53. The van der Waals surface area contributed by atoms with Crippen LogP contribution in [0.3, 0.4) is 0 Å². The van der Waals surface area contributed by atoms with Crippen molar-refractivity contribution in [3.8, 4) is 0 Å². The van der Waals surface area contributed by atoms with Crippen LogP contribution in [-0.4, -0.2) is 83.6 Å². The van der Waals surface area contributed by atoms with E-state index in [0.29, 0.717) is 39.1 Å². The van der Waals surface area contributed by atoms with Crippen LogP contribution in [0, 0.1) is 17.7 Å². The van der Waals surface area contributed by atoms with E-state index in [2.05, 4.69) is 10.3 Å². The number of urea groups is 1. The van der Waals surface area contributed by atoms with Gasteiger partial charge in [0.2, 0.25) is 5.91 Å². The van der Waals surface area contributed by atoms with E-state index in [1.165, 1.54) is 12.1 Å². The number of anilines is 1. The van der Waals surface area contributed by atoms with E-state index >= 15 is 0 Å². The molecule has 12 heteroatoms. The van der Waals surface area contributed by atoms with E-state index in [-0.39, 0.29) is 47.7 Å². The number of hydrogen-bond donors (Lipinski definition) is 4. The largest absolute Gasteiger partial charge is 0.396 e. The number of benzene rings is 1. The number of piperidine rings is 1. The Morgan fingerprint density at radius 3 is 2.67 bits per heavy atom. The summed E-state index contributed by atoms with van der Waals surface area (Å²) in [6.45, 7) is 2.59. The summed E-state index contributed by atoms with van der Waals surface area (Å²) in [7, 11) is 0. The minimum absolute atomic E-state index is 0.0350. The first-order valence-corrected chi connectivity index (χ1v) is 11.0. The van der Waals surface area contributed by atoms with Gasteiger partial charge in [-0.25, -0.2) is 9.18 Å². The number of nitrogens with two attached hydrogens (primary N) is 2. The van der Waals surface area contributed by atoms with Crippen molar-refractivity contribution in [3.63, 3.8) is 0 Å². The molecule has 3 rings (SSSR count). The predicted molar refractivity (Wildman–Crippen MR) is 124 cm³/mol. The molecule has 180 valence electrons. The Bertz CT molecular complexity index is 925. The van der Waals surface area contributed by atoms with Gasteiger partial charge in [0.1, 0.15) is 5.82 Å². The fourth-order valence-electron chi connectivity index (χ4n) is 3.90. The number of hydrogen-bond acceptors (Lipinski definition) is 5. The molecular weight excluding hydrogens is 453 g/mol. The molecule has 2 atom stereocenters. The van der Waals surface area contributed by atoms with Gasteiger partial charge in [0, 0.05) is 63.3 Å². The first kappa shape index (κ1) is 24.6. The van der Waals surface area contributed by atoms with E-state index in [4.69, 9.17) is 23.1 Å². The van der Waals surface area contributed by atoms with E-state index in [1.54, 1.807) is 22.2 Å². The van der Waals surface area contributed by atoms with Crippen molar-refractivity contribution in [3.05, 3.63) is 41.4 Å². The van der Waals surface area contributed by atoms with Gasteiger partial charge in [0.25, 0.3) is 0 Å². The monoisotopic (exact) mass is 481 g/mol. The van der Waals surface area contributed by atoms with Gasteiger partial charge >= 0.3 is 6.03 Å². The van der Waals surface area contributed by atoms with Crippen LogP contribution in [0.5, 0.6) is 0 Å². The molecule has 0 bridgehead atoms. The zero-order chi connectivity index (χ0) is 24.0. The van der Waals surface area contributed by atoms with E-state index in [0.717, 1.165) is 6.07 Å². The molecule has 0 aliphatic carbocycles. The second-order valence-electron chi connectivity index (χ2n) is 8.12. The summed E-state index contributed by atoms with van der Waals surface area (Å²) in [5, 5.41) is 12.4. The number of aliphatic imine (C=N–C) groups is 1. The fraction of sp³-hybridized carbons (Fsp3) is 0.476. The van der Waals surface area contributed by atoms with Gasteiger partial charge in [0.05, 0.1) is 17.5 Å². The quantitative estimate of drug-likeness (QED) is 0.350. The minimum Gasteiger partial charge on any atom is -0.396 e. The summed E-state index contributed by atoms with van der Waals surface area (Å²) in [5.74, 6) is -1.70. The molecule has 2 heterocycles. The molecule has 0 aromatic heterocycles. The molecule has 33 heavy (non-hydrogen) atoms. The highest BCUT2D eigenvalue weighted by Gasteiger charge is 2.35. The molecule has 1 aromatic rings. The number of carbonyl (C=O) groups is 2. The second kappa shape index (κ2) is 11.2. The summed E-state index contributed by atoms with van der Waals surface area (Å²) in [6, 6.07) is 3.79. The zero-order valence-corrected chi connectivity index (χ0v) is 18.9. The lowest BCUT2D eigenvalue weighted by Gasteiger charge is -2.39. The molecule has 0 unspecified atom stereocenters. The molecule has 3 amide bonds. The summed E-state index contributed by atoms with van der Waals surface area (Å²) in [5.41, 5.74) is 10.9. The third-order valence-corrected chi connectivity index (χ3v) is 5.94. The van der Waals surface area contributed by atoms with Crippen molar-refractivity contribution < 1.29 is 19.1 Å². The Morgan fingerprint density at radius 2 is 2.03 bits per heavy atom. The number of rotatable bonds is 6. The van der Waals surface area contributed by atoms with Crippen LogP contribution in [0.4, 0.5) is 14.9 Å². The highest BCUT2D eigenvalue weighted by Crippen LogP contribution is 2.26. The SMILES string of the molecule is NC(N)=NCCN1C=CN(C(=O)N2C[C@H](CO)C[C@H](C(=O)Nc3ccc(Cl)c(F)c3)C2)CC1. The number of aliphatic hydroxyl groups excluding tert-OH is 1. The smallest absolute Gasteiger partial charge is 0.324 e. The van der Waals surface area contributed by atoms with Crippen LogP contribution in [0.1, 0.15) is 6.42 Å². The summed E-state index contributed by atoms with van der Waals surface area (Å²) < 4.78 is 13.7. The third kappa shape index (κ3) is 6.72. The number of nitrogens with zero attached hydrogens (tertiary/aromatic N) is 4. The molecule has 1 fully saturated rings. The molecule has 2 aliphatic heterocycles. The molecule has 6 N–H and O–H groups in total. The molecule has 2 aliphatic rings. The van der Waals surface area contributed by atoms with Crippen LogP contribution >= 0.6 is 11.6 Å². The molecule has 1 saturated heterocycles. The van der Waals surface area contributed by atoms with Crippen molar-refractivity contribution in [2.75, 3.05) is 51.2 Å². The summed E-state index contributed by atoms with van der Waals surface area (Å²) >= 11 is 5.69. The fourth-order valence-corrected chi connectivity index (χ4v) is 4.01. The second-order valence-corrected chi connectivity index (χ2v) is 8.53. The van der Waals surface area contributed by atoms with Crippen molar-refractivity contribution in [1.82, 2.24) is 14.7 Å². The average Bonchev–Trinajstić information content (AvgIpc) is 2.81. The van der Waals surface area contributed by atoms with Gasteiger partial charge in [-0.2, -0.15) is 0 Å². The van der Waals surface area contributed by atoms with Crippen molar-refractivity contribution in [1.29, 1.82) is 0 Å². The van der Waals surface area contributed by atoms with Crippen molar-refractivity contribution in [2.45, 2.75) is 6.42 Å². The molecule has 0 radical (unpaired) electrons. The van der Waals surface area contributed by atoms with Gasteiger partial charge < -0.3 is 31.7 Å². The maximum atomic E-state index is 13.7. The normalized spacial score (nSPS) is 20.5. The molecule has 10 nitrogen and oxygen atoms in total. The topological polar surface area (TPSA) is 141 Å². The number of halogens is 2. The summed E-state index contributed by atoms with van der Waals surface area (Å²) in [6.07, 6.45) is 3.92. The van der Waals surface area contributed by atoms with Crippen LogP contribution in [0.15, 0.2) is 35.6 Å². The number of carbonyl (C=O) groups excluding carboxylic acids is 2. The zero-order valence-electron chi connectivity index (χ0n) is 18.2. The van der Waals surface area contributed by atoms with Crippen molar-refractivity contribution >= 4 is 35.2 Å². The number of nitrogens with one attached hydrogen (secondary N) is 1. The number of likely N-dealkylation sites (tertiary alicyclic amines) is 1. The first-order chi connectivity index (χ1) is 15.8. The van der Waals surface area contributed by atoms with E-state index < -0.39 is 11.7 Å². The highest BCUT2D eigenvalue weighted by atomic mass is 35.5. The Labute approximate surface area is 196 Å². The maximum Gasteiger partial charge on any atom is 0.324 e. The molecule has 0 saturated carbocycles. The average molecular weight is 482 g/mol. The van der Waals surface area contributed by atoms with E-state index in [9.17, 15) is 19.1 Å². The van der Waals surface area contributed by atoms with Gasteiger partial charge in [0.15, 0.2) is 5.96 Å².